The molecular weight excluding hydrogens is 418 g/mol. The van der Waals surface area contributed by atoms with Gasteiger partial charge in [-0.15, -0.1) is 5.10 Å². The topological polar surface area (TPSA) is 73.1 Å². The van der Waals surface area contributed by atoms with Crippen LogP contribution in [0.5, 0.6) is 5.75 Å². The van der Waals surface area contributed by atoms with E-state index in [9.17, 15) is 9.59 Å². The van der Waals surface area contributed by atoms with Crippen molar-refractivity contribution in [2.75, 3.05) is 0 Å². The summed E-state index contributed by atoms with van der Waals surface area (Å²) in [5.41, 5.74) is 3.59. The molecule has 2 heterocycles. The zero-order chi connectivity index (χ0) is 23.1. The van der Waals surface area contributed by atoms with Crippen molar-refractivity contribution in [2.45, 2.75) is 33.5 Å². The third-order valence-corrected chi connectivity index (χ3v) is 5.74. The molecule has 5 rings (SSSR count). The number of hydrogen-bond donors (Lipinski definition) is 0. The Labute approximate surface area is 190 Å². The first-order valence-electron chi connectivity index (χ1n) is 10.8. The van der Waals surface area contributed by atoms with Crippen LogP contribution in [0.4, 0.5) is 0 Å². The summed E-state index contributed by atoms with van der Waals surface area (Å²) >= 11 is 0. The Morgan fingerprint density at radius 1 is 0.970 bits per heavy atom. The van der Waals surface area contributed by atoms with E-state index in [1.807, 2.05) is 18.2 Å². The fourth-order valence-corrected chi connectivity index (χ4v) is 4.34. The van der Waals surface area contributed by atoms with Gasteiger partial charge in [0.2, 0.25) is 18.0 Å². The maximum Gasteiger partial charge on any atom is 0.308 e. The number of carbonyl (C=O) groups excluding carboxylic acids is 2. The smallest absolute Gasteiger partial charge is 0.308 e. The molecule has 7 nitrogen and oxygen atoms in total. The van der Waals surface area contributed by atoms with Crippen LogP contribution in [0.1, 0.15) is 38.1 Å². The molecule has 1 aliphatic heterocycles. The van der Waals surface area contributed by atoms with Crippen molar-refractivity contribution in [1.82, 2.24) is 9.58 Å². The molecule has 4 aromatic rings. The molecular formula is C26H23N3O4. The van der Waals surface area contributed by atoms with Crippen molar-refractivity contribution in [3.8, 4) is 5.75 Å². The Balaban J connectivity index is 1.58. The van der Waals surface area contributed by atoms with Crippen LogP contribution in [0.3, 0.4) is 0 Å². The fraction of sp³-hybridized carbons (Fsp3) is 0.192. The number of nitrogens with zero attached hydrogens (tertiary/aromatic N) is 3. The summed E-state index contributed by atoms with van der Waals surface area (Å²) in [6.45, 7) is 5.75. The zero-order valence-corrected chi connectivity index (χ0v) is 18.6. The number of para-hydroxylation sites is 2. The molecule has 1 amide bonds. The molecule has 7 heteroatoms. The van der Waals surface area contributed by atoms with E-state index in [0.717, 1.165) is 33.9 Å². The van der Waals surface area contributed by atoms with E-state index < -0.39 is 12.2 Å². The van der Waals surface area contributed by atoms with E-state index >= 15 is 0 Å². The molecule has 0 spiro atoms. The minimum absolute atomic E-state index is 0.225. The van der Waals surface area contributed by atoms with Gasteiger partial charge in [-0.25, -0.2) is 0 Å². The van der Waals surface area contributed by atoms with Crippen molar-refractivity contribution in [1.29, 1.82) is 0 Å². The number of hydrogen-bond acceptors (Lipinski definition) is 5. The van der Waals surface area contributed by atoms with Gasteiger partial charge in [-0.1, -0.05) is 36.4 Å². The van der Waals surface area contributed by atoms with Crippen molar-refractivity contribution < 1.29 is 19.1 Å². The number of fused-ring (bicyclic) bond motifs is 3. The van der Waals surface area contributed by atoms with Crippen LogP contribution in [-0.4, -0.2) is 27.4 Å². The van der Waals surface area contributed by atoms with Gasteiger partial charge in [0.15, 0.2) is 0 Å². The van der Waals surface area contributed by atoms with Crippen molar-refractivity contribution in [3.63, 3.8) is 0 Å². The molecule has 3 aromatic carbocycles. The summed E-state index contributed by atoms with van der Waals surface area (Å²) in [7, 11) is 0. The van der Waals surface area contributed by atoms with Crippen LogP contribution >= 0.6 is 0 Å². The minimum atomic E-state index is -0.726. The first-order valence-corrected chi connectivity index (χ1v) is 10.8. The van der Waals surface area contributed by atoms with Gasteiger partial charge < -0.3 is 14.0 Å². The first kappa shape index (κ1) is 20.8. The lowest BCUT2D eigenvalue weighted by Crippen LogP contribution is -2.25. The number of aromatic nitrogens is 1. The lowest BCUT2D eigenvalue weighted by atomic mass is 10.1. The van der Waals surface area contributed by atoms with Crippen LogP contribution in [0.15, 0.2) is 71.8 Å². The molecule has 166 valence electrons. The van der Waals surface area contributed by atoms with Gasteiger partial charge in [-0.05, 0) is 37.3 Å². The van der Waals surface area contributed by atoms with Gasteiger partial charge >= 0.3 is 5.97 Å². The summed E-state index contributed by atoms with van der Waals surface area (Å²) in [4.78, 5) is 24.0. The number of carbonyl (C=O) groups is 2. The quantitative estimate of drug-likeness (QED) is 0.331. The lowest BCUT2D eigenvalue weighted by Gasteiger charge is -2.19. The van der Waals surface area contributed by atoms with Gasteiger partial charge in [0.1, 0.15) is 5.75 Å². The van der Waals surface area contributed by atoms with Gasteiger partial charge in [0, 0.05) is 47.8 Å². The molecule has 0 saturated heterocycles. The Bertz CT molecular complexity index is 1440. The molecule has 0 unspecified atom stereocenters. The first-order chi connectivity index (χ1) is 16.0. The standard InChI is InChI=1S/C26H23N3O4/c1-4-28-22-11-7-5-9-19(22)21-15-18(13-14-23(21)28)26-29(16(2)30)27-25(33-26)20-10-6-8-12-24(20)32-17(3)31/h5-15,26H,4H2,1-3H3/t26-/m1/s1. The maximum atomic E-state index is 12.4. The molecule has 0 N–H and O–H groups in total. The van der Waals surface area contributed by atoms with Crippen LogP contribution in [0.2, 0.25) is 0 Å². The van der Waals surface area contributed by atoms with E-state index in [-0.39, 0.29) is 11.8 Å². The SMILES string of the molecule is CCn1c2ccccc2c2cc([C@H]3OC(c4ccccc4OC(C)=O)=NN3C(C)=O)ccc21. The normalized spacial score (nSPS) is 15.5. The second kappa shape index (κ2) is 8.09. The molecule has 0 bridgehead atoms. The highest BCUT2D eigenvalue weighted by Crippen LogP contribution is 2.36. The van der Waals surface area contributed by atoms with Crippen molar-refractivity contribution >= 4 is 39.6 Å². The third kappa shape index (κ3) is 3.51. The Hall–Kier alpha value is -4.13. The van der Waals surface area contributed by atoms with Crippen molar-refractivity contribution in [2.24, 2.45) is 5.10 Å². The summed E-state index contributed by atoms with van der Waals surface area (Å²) < 4.78 is 13.8. The number of ether oxygens (including phenoxy) is 2. The summed E-state index contributed by atoms with van der Waals surface area (Å²) in [6, 6.07) is 21.3. The number of hydrazone groups is 1. The predicted molar refractivity (Wildman–Crippen MR) is 126 cm³/mol. The van der Waals surface area contributed by atoms with E-state index in [4.69, 9.17) is 9.47 Å². The molecule has 0 radical (unpaired) electrons. The molecule has 1 aromatic heterocycles. The van der Waals surface area contributed by atoms with Gasteiger partial charge in [-0.2, -0.15) is 5.01 Å². The highest BCUT2D eigenvalue weighted by molar-refractivity contribution is 6.08. The monoisotopic (exact) mass is 441 g/mol. The van der Waals surface area contributed by atoms with E-state index in [2.05, 4.69) is 40.9 Å². The predicted octanol–water partition coefficient (Wildman–Crippen LogP) is 4.98. The van der Waals surface area contributed by atoms with Crippen molar-refractivity contribution in [3.05, 3.63) is 77.9 Å². The molecule has 1 aliphatic rings. The Kier molecular flexibility index (Phi) is 5.09. The van der Waals surface area contributed by atoms with Gasteiger partial charge in [0.05, 0.1) is 5.56 Å². The number of benzene rings is 3. The van der Waals surface area contributed by atoms with Crippen LogP contribution in [0.25, 0.3) is 21.8 Å². The van der Waals surface area contributed by atoms with E-state index in [0.29, 0.717) is 11.3 Å². The van der Waals surface area contributed by atoms with E-state index in [1.165, 1.54) is 18.9 Å². The summed E-state index contributed by atoms with van der Waals surface area (Å²) in [6.07, 6.45) is -0.726. The maximum absolute atomic E-state index is 12.4. The second-order valence-electron chi connectivity index (χ2n) is 7.87. The highest BCUT2D eigenvalue weighted by Gasteiger charge is 2.34. The van der Waals surface area contributed by atoms with Gasteiger partial charge in [-0.3, -0.25) is 9.59 Å². The third-order valence-electron chi connectivity index (χ3n) is 5.74. The van der Waals surface area contributed by atoms with Crippen LogP contribution in [0, 0.1) is 0 Å². The molecule has 33 heavy (non-hydrogen) atoms. The number of esters is 1. The minimum Gasteiger partial charge on any atom is -0.446 e. The highest BCUT2D eigenvalue weighted by atomic mass is 16.5. The zero-order valence-electron chi connectivity index (χ0n) is 18.6. The largest absolute Gasteiger partial charge is 0.446 e. The Morgan fingerprint density at radius 2 is 1.70 bits per heavy atom. The van der Waals surface area contributed by atoms with Crippen LogP contribution in [-0.2, 0) is 20.9 Å². The molecule has 1 atom stereocenters. The van der Waals surface area contributed by atoms with E-state index in [1.54, 1.807) is 24.3 Å². The lowest BCUT2D eigenvalue weighted by molar-refractivity contribution is -0.135. The molecule has 0 aliphatic carbocycles. The summed E-state index contributed by atoms with van der Waals surface area (Å²) in [5.74, 6) is -0.146. The average molecular weight is 441 g/mol. The fourth-order valence-electron chi connectivity index (χ4n) is 4.34. The number of rotatable bonds is 4. The van der Waals surface area contributed by atoms with Crippen LogP contribution < -0.4 is 4.74 Å². The van der Waals surface area contributed by atoms with Gasteiger partial charge in [0.25, 0.3) is 0 Å². The molecule has 0 saturated carbocycles. The number of aryl methyl sites for hydroxylation is 1. The average Bonchev–Trinajstić information content (AvgIpc) is 3.38. The summed E-state index contributed by atoms with van der Waals surface area (Å²) in [5, 5.41) is 7.98. The molecule has 0 fully saturated rings. The second-order valence-corrected chi connectivity index (χ2v) is 7.87. The Morgan fingerprint density at radius 3 is 2.45 bits per heavy atom. The number of amides is 1.